The monoisotopic (exact) mass is 353 g/mol. The molecule has 2 heteroatoms. The van der Waals surface area contributed by atoms with E-state index in [1.165, 1.54) is 63.4 Å². The minimum Gasteiger partial charge on any atom is -0.307 e. The van der Waals surface area contributed by atoms with Gasteiger partial charge in [0.05, 0.1) is 0 Å². The molecule has 0 saturated heterocycles. The van der Waals surface area contributed by atoms with Crippen LogP contribution in [0.5, 0.6) is 0 Å². The van der Waals surface area contributed by atoms with Crippen LogP contribution in [0, 0.1) is 5.92 Å². The summed E-state index contributed by atoms with van der Waals surface area (Å²) in [6.45, 7) is 10.4. The summed E-state index contributed by atoms with van der Waals surface area (Å²) in [6.07, 6.45) is 12.6. The second-order valence-electron chi connectivity index (χ2n) is 7.73. The second-order valence-corrected chi connectivity index (χ2v) is 7.73. The van der Waals surface area contributed by atoms with Gasteiger partial charge in [-0.1, -0.05) is 95.5 Å². The van der Waals surface area contributed by atoms with Crippen molar-refractivity contribution in [2.45, 2.75) is 97.6 Å². The number of nitrogens with one attached hydrogen (secondary N) is 1. The standard InChI is InChI=1S/C22H39N.ClH/c1-5-6-7-8-9-10-11-13-16-20(2)22(3,4)23-19-21-17-14-12-15-18-21;/h12,14-15,17-18,20,23H,5-11,13,16,19H2,1-4H3;1H. The van der Waals surface area contributed by atoms with Gasteiger partial charge in [-0.15, -0.1) is 12.4 Å². The third kappa shape index (κ3) is 10.4. The van der Waals surface area contributed by atoms with E-state index in [2.05, 4.69) is 63.3 Å². The highest BCUT2D eigenvalue weighted by molar-refractivity contribution is 5.85. The highest BCUT2D eigenvalue weighted by atomic mass is 35.5. The van der Waals surface area contributed by atoms with Crippen molar-refractivity contribution in [3.8, 4) is 0 Å². The summed E-state index contributed by atoms with van der Waals surface area (Å²) in [6, 6.07) is 10.7. The average Bonchev–Trinajstić information content (AvgIpc) is 2.56. The summed E-state index contributed by atoms with van der Waals surface area (Å²) in [5.74, 6) is 0.714. The summed E-state index contributed by atoms with van der Waals surface area (Å²) >= 11 is 0. The molecule has 1 N–H and O–H groups in total. The number of hydrogen-bond acceptors (Lipinski definition) is 1. The van der Waals surface area contributed by atoms with Gasteiger partial charge in [-0.25, -0.2) is 0 Å². The van der Waals surface area contributed by atoms with Gasteiger partial charge >= 0.3 is 0 Å². The van der Waals surface area contributed by atoms with Crippen molar-refractivity contribution in [2.24, 2.45) is 5.92 Å². The van der Waals surface area contributed by atoms with Crippen molar-refractivity contribution in [2.75, 3.05) is 0 Å². The van der Waals surface area contributed by atoms with Gasteiger partial charge in [-0.3, -0.25) is 0 Å². The minimum atomic E-state index is 0. The van der Waals surface area contributed by atoms with E-state index >= 15 is 0 Å². The highest BCUT2D eigenvalue weighted by Gasteiger charge is 2.24. The van der Waals surface area contributed by atoms with Crippen molar-refractivity contribution < 1.29 is 0 Å². The molecule has 1 aromatic rings. The van der Waals surface area contributed by atoms with E-state index in [1.807, 2.05) is 0 Å². The Kier molecular flexibility index (Phi) is 13.4. The van der Waals surface area contributed by atoms with Crippen molar-refractivity contribution in [3.63, 3.8) is 0 Å². The van der Waals surface area contributed by atoms with Crippen LogP contribution in [0.2, 0.25) is 0 Å². The normalized spacial score (nSPS) is 12.7. The number of halogens is 1. The summed E-state index contributed by atoms with van der Waals surface area (Å²) in [7, 11) is 0. The fourth-order valence-electron chi connectivity index (χ4n) is 3.05. The molecule has 0 aliphatic rings. The van der Waals surface area contributed by atoms with E-state index in [9.17, 15) is 0 Å². The van der Waals surface area contributed by atoms with Crippen LogP contribution < -0.4 is 5.32 Å². The molecule has 1 unspecified atom stereocenters. The first-order chi connectivity index (χ1) is 11.1. The van der Waals surface area contributed by atoms with Gasteiger partial charge in [-0.05, 0) is 31.7 Å². The summed E-state index contributed by atoms with van der Waals surface area (Å²) in [5, 5.41) is 3.75. The third-order valence-electron chi connectivity index (χ3n) is 5.31. The molecule has 0 saturated carbocycles. The molecular weight excluding hydrogens is 314 g/mol. The molecule has 140 valence electrons. The lowest BCUT2D eigenvalue weighted by molar-refractivity contribution is 0.249. The van der Waals surface area contributed by atoms with Crippen molar-refractivity contribution in [1.82, 2.24) is 5.32 Å². The van der Waals surface area contributed by atoms with Crippen LogP contribution >= 0.6 is 12.4 Å². The Balaban J connectivity index is 0.00000529. The molecule has 0 spiro atoms. The zero-order chi connectivity index (χ0) is 17.0. The third-order valence-corrected chi connectivity index (χ3v) is 5.31. The van der Waals surface area contributed by atoms with E-state index in [0.29, 0.717) is 5.92 Å². The maximum Gasteiger partial charge on any atom is 0.0210 e. The van der Waals surface area contributed by atoms with E-state index < -0.39 is 0 Å². The molecule has 0 aliphatic carbocycles. The van der Waals surface area contributed by atoms with Crippen LogP contribution in [0.1, 0.15) is 91.0 Å². The number of rotatable bonds is 13. The number of hydrogen-bond donors (Lipinski definition) is 1. The Morgan fingerprint density at radius 1 is 0.875 bits per heavy atom. The fraction of sp³-hybridized carbons (Fsp3) is 0.727. The molecule has 1 atom stereocenters. The Morgan fingerprint density at radius 3 is 2.00 bits per heavy atom. The molecule has 0 radical (unpaired) electrons. The Morgan fingerprint density at radius 2 is 1.42 bits per heavy atom. The van der Waals surface area contributed by atoms with E-state index in [4.69, 9.17) is 0 Å². The van der Waals surface area contributed by atoms with Crippen molar-refractivity contribution in [1.29, 1.82) is 0 Å². The lowest BCUT2D eigenvalue weighted by atomic mass is 9.84. The van der Waals surface area contributed by atoms with E-state index in [0.717, 1.165) is 6.54 Å². The van der Waals surface area contributed by atoms with Gasteiger partial charge in [0, 0.05) is 12.1 Å². The first-order valence-corrected chi connectivity index (χ1v) is 9.85. The van der Waals surface area contributed by atoms with E-state index in [1.54, 1.807) is 0 Å². The molecule has 0 aliphatic heterocycles. The molecule has 0 heterocycles. The zero-order valence-electron chi connectivity index (χ0n) is 16.4. The minimum absolute atomic E-state index is 0. The first kappa shape index (κ1) is 23.5. The molecule has 0 aromatic heterocycles. The van der Waals surface area contributed by atoms with Crippen LogP contribution in [0.4, 0.5) is 0 Å². The molecule has 1 aromatic carbocycles. The maximum atomic E-state index is 3.75. The average molecular weight is 354 g/mol. The van der Waals surface area contributed by atoms with Gasteiger partial charge in [0.2, 0.25) is 0 Å². The predicted octanol–water partition coefficient (Wildman–Crippen LogP) is 7.14. The van der Waals surface area contributed by atoms with Crippen molar-refractivity contribution in [3.05, 3.63) is 35.9 Å². The quantitative estimate of drug-likeness (QED) is 0.371. The van der Waals surface area contributed by atoms with E-state index in [-0.39, 0.29) is 17.9 Å². The molecule has 1 nitrogen and oxygen atoms in total. The largest absolute Gasteiger partial charge is 0.307 e. The summed E-state index contributed by atoms with van der Waals surface area (Å²) in [4.78, 5) is 0. The Hall–Kier alpha value is -0.530. The maximum absolute atomic E-state index is 3.75. The van der Waals surface area contributed by atoms with Gasteiger partial charge in [0.1, 0.15) is 0 Å². The van der Waals surface area contributed by atoms with Crippen molar-refractivity contribution >= 4 is 12.4 Å². The topological polar surface area (TPSA) is 12.0 Å². The van der Waals surface area contributed by atoms with Crippen LogP contribution in [0.25, 0.3) is 0 Å². The number of unbranched alkanes of at least 4 members (excludes halogenated alkanes) is 7. The van der Waals surface area contributed by atoms with Gasteiger partial charge in [-0.2, -0.15) is 0 Å². The van der Waals surface area contributed by atoms with Crippen LogP contribution in [-0.4, -0.2) is 5.54 Å². The summed E-state index contributed by atoms with van der Waals surface area (Å²) < 4.78 is 0. The Labute approximate surface area is 157 Å². The zero-order valence-corrected chi connectivity index (χ0v) is 17.3. The summed E-state index contributed by atoms with van der Waals surface area (Å²) in [5.41, 5.74) is 1.58. The second kappa shape index (κ2) is 13.7. The predicted molar refractivity (Wildman–Crippen MR) is 111 cm³/mol. The molecule has 0 bridgehead atoms. The van der Waals surface area contributed by atoms with Crippen LogP contribution in [-0.2, 0) is 6.54 Å². The fourth-order valence-corrected chi connectivity index (χ4v) is 3.05. The molecule has 24 heavy (non-hydrogen) atoms. The molecule has 1 rings (SSSR count). The smallest absolute Gasteiger partial charge is 0.0210 e. The number of benzene rings is 1. The molecular formula is C22H40ClN. The highest BCUT2D eigenvalue weighted by Crippen LogP contribution is 2.23. The Bertz CT molecular complexity index is 388. The lowest BCUT2D eigenvalue weighted by Gasteiger charge is -2.33. The molecule has 0 fully saturated rings. The van der Waals surface area contributed by atoms with Gasteiger partial charge < -0.3 is 5.32 Å². The lowest BCUT2D eigenvalue weighted by Crippen LogP contribution is -2.44. The molecule has 0 amide bonds. The van der Waals surface area contributed by atoms with Crippen LogP contribution in [0.15, 0.2) is 30.3 Å². The SMILES string of the molecule is CCCCCCCCCCC(C)C(C)(C)NCc1ccccc1.Cl. The van der Waals surface area contributed by atoms with Gasteiger partial charge in [0.15, 0.2) is 0 Å². The first-order valence-electron chi connectivity index (χ1n) is 9.85. The van der Waals surface area contributed by atoms with Gasteiger partial charge in [0.25, 0.3) is 0 Å². The van der Waals surface area contributed by atoms with Crippen LogP contribution in [0.3, 0.4) is 0 Å².